The van der Waals surface area contributed by atoms with Crippen LogP contribution in [0, 0.1) is 21.7 Å². The van der Waals surface area contributed by atoms with Gasteiger partial charge in [0.25, 0.3) is 0 Å². The molecule has 21 heavy (non-hydrogen) atoms. The molecule has 2 aromatic rings. The average Bonchev–Trinajstić information content (AvgIpc) is 2.45. The third-order valence-electron chi connectivity index (χ3n) is 2.77. The van der Waals surface area contributed by atoms with E-state index in [2.05, 4.69) is 15.9 Å². The van der Waals surface area contributed by atoms with E-state index in [0.29, 0.717) is 5.33 Å². The Kier molecular flexibility index (Phi) is 4.85. The molecule has 0 fully saturated rings. The molecular weight excluding hydrogens is 348 g/mol. The Balaban J connectivity index is 2.24. The largest absolute Gasteiger partial charge is 0.482 e. The molecule has 7 heteroatoms. The van der Waals surface area contributed by atoms with Crippen LogP contribution < -0.4 is 4.74 Å². The third kappa shape index (κ3) is 3.75. The molecular formula is C14H10BrF2NO3. The number of halogens is 3. The standard InChI is InChI=1S/C14H10BrF2NO3/c15-7-9-1-4-13(18(19)20)14(5-9)21-8-10-2-3-11(16)6-12(10)17/h1-6H,7-8H2. The lowest BCUT2D eigenvalue weighted by atomic mass is 10.2. The minimum Gasteiger partial charge on any atom is -0.482 e. The van der Waals surface area contributed by atoms with Gasteiger partial charge in [0.2, 0.25) is 0 Å². The molecule has 0 aliphatic rings. The average molecular weight is 358 g/mol. The van der Waals surface area contributed by atoms with Gasteiger partial charge in [-0.1, -0.05) is 22.0 Å². The van der Waals surface area contributed by atoms with Crippen molar-refractivity contribution >= 4 is 21.6 Å². The van der Waals surface area contributed by atoms with Crippen molar-refractivity contribution in [3.05, 3.63) is 69.3 Å². The van der Waals surface area contributed by atoms with Crippen molar-refractivity contribution in [2.75, 3.05) is 0 Å². The molecule has 4 nitrogen and oxygen atoms in total. The first-order valence-corrected chi connectivity index (χ1v) is 7.03. The van der Waals surface area contributed by atoms with Gasteiger partial charge in [-0.05, 0) is 23.8 Å². The lowest BCUT2D eigenvalue weighted by Crippen LogP contribution is -2.02. The number of hydrogen-bond acceptors (Lipinski definition) is 3. The summed E-state index contributed by atoms with van der Waals surface area (Å²) in [5.74, 6) is -1.40. The van der Waals surface area contributed by atoms with Crippen molar-refractivity contribution in [1.29, 1.82) is 0 Å². The highest BCUT2D eigenvalue weighted by molar-refractivity contribution is 9.08. The second-order valence-corrected chi connectivity index (χ2v) is 4.78. The van der Waals surface area contributed by atoms with E-state index in [1.807, 2.05) is 0 Å². The van der Waals surface area contributed by atoms with E-state index >= 15 is 0 Å². The number of ether oxygens (including phenoxy) is 1. The van der Waals surface area contributed by atoms with Gasteiger partial charge in [0.05, 0.1) is 4.92 Å². The van der Waals surface area contributed by atoms with Crippen molar-refractivity contribution < 1.29 is 18.4 Å². The van der Waals surface area contributed by atoms with Crippen molar-refractivity contribution in [3.8, 4) is 5.75 Å². The van der Waals surface area contributed by atoms with Gasteiger partial charge in [0.1, 0.15) is 18.2 Å². The van der Waals surface area contributed by atoms with Crippen molar-refractivity contribution in [1.82, 2.24) is 0 Å². The molecule has 2 rings (SSSR count). The van der Waals surface area contributed by atoms with Crippen LogP contribution in [0.25, 0.3) is 0 Å². The Hall–Kier alpha value is -2.02. The van der Waals surface area contributed by atoms with Crippen molar-refractivity contribution in [2.24, 2.45) is 0 Å². The second-order valence-electron chi connectivity index (χ2n) is 4.22. The van der Waals surface area contributed by atoms with Gasteiger partial charge < -0.3 is 4.74 Å². The highest BCUT2D eigenvalue weighted by atomic mass is 79.9. The summed E-state index contributed by atoms with van der Waals surface area (Å²) in [4.78, 5) is 10.4. The predicted molar refractivity (Wildman–Crippen MR) is 76.4 cm³/mol. The smallest absolute Gasteiger partial charge is 0.310 e. The third-order valence-corrected chi connectivity index (χ3v) is 3.42. The van der Waals surface area contributed by atoms with Crippen LogP contribution in [0.4, 0.5) is 14.5 Å². The maximum Gasteiger partial charge on any atom is 0.310 e. The fourth-order valence-electron chi connectivity index (χ4n) is 1.70. The number of alkyl halides is 1. The highest BCUT2D eigenvalue weighted by Crippen LogP contribution is 2.29. The molecule has 110 valence electrons. The summed E-state index contributed by atoms with van der Waals surface area (Å²) >= 11 is 3.24. The zero-order valence-electron chi connectivity index (χ0n) is 10.7. The molecule has 2 aromatic carbocycles. The summed E-state index contributed by atoms with van der Waals surface area (Å²) in [6, 6.07) is 7.51. The van der Waals surface area contributed by atoms with Crippen LogP contribution in [0.2, 0.25) is 0 Å². The minimum atomic E-state index is -0.755. The molecule has 0 unspecified atom stereocenters. The van der Waals surface area contributed by atoms with E-state index in [9.17, 15) is 18.9 Å². The number of rotatable bonds is 5. The molecule has 0 amide bonds. The zero-order chi connectivity index (χ0) is 15.4. The maximum atomic E-state index is 13.5. The quantitative estimate of drug-likeness (QED) is 0.454. The van der Waals surface area contributed by atoms with Crippen LogP contribution in [0.1, 0.15) is 11.1 Å². The van der Waals surface area contributed by atoms with E-state index in [0.717, 1.165) is 17.7 Å². The van der Waals surface area contributed by atoms with Crippen LogP contribution in [-0.4, -0.2) is 4.92 Å². The molecule has 0 spiro atoms. The summed E-state index contributed by atoms with van der Waals surface area (Å²) in [7, 11) is 0. The molecule has 0 saturated carbocycles. The second kappa shape index (κ2) is 6.62. The van der Waals surface area contributed by atoms with E-state index in [1.54, 1.807) is 6.07 Å². The minimum absolute atomic E-state index is 0.0423. The van der Waals surface area contributed by atoms with Gasteiger partial charge in [-0.2, -0.15) is 0 Å². The van der Waals surface area contributed by atoms with Gasteiger partial charge >= 0.3 is 5.69 Å². The van der Waals surface area contributed by atoms with Gasteiger partial charge in [-0.15, -0.1) is 0 Å². The molecule has 0 saturated heterocycles. The van der Waals surface area contributed by atoms with E-state index in [-0.39, 0.29) is 23.6 Å². The van der Waals surface area contributed by atoms with Crippen LogP contribution >= 0.6 is 15.9 Å². The first-order chi connectivity index (χ1) is 10.0. The topological polar surface area (TPSA) is 52.4 Å². The van der Waals surface area contributed by atoms with Crippen molar-refractivity contribution in [2.45, 2.75) is 11.9 Å². The molecule has 0 aromatic heterocycles. The van der Waals surface area contributed by atoms with Crippen LogP contribution in [0.3, 0.4) is 0 Å². The fraction of sp³-hybridized carbons (Fsp3) is 0.143. The lowest BCUT2D eigenvalue weighted by Gasteiger charge is -2.09. The summed E-state index contributed by atoms with van der Waals surface area (Å²) in [6.45, 7) is -0.224. The van der Waals surface area contributed by atoms with E-state index in [1.165, 1.54) is 18.2 Å². The van der Waals surface area contributed by atoms with Gasteiger partial charge in [-0.3, -0.25) is 10.1 Å². The molecule has 0 aliphatic carbocycles. The SMILES string of the molecule is O=[N+]([O-])c1ccc(CBr)cc1OCc1ccc(F)cc1F. The Morgan fingerprint density at radius 1 is 1.19 bits per heavy atom. The van der Waals surface area contributed by atoms with Gasteiger partial charge in [0.15, 0.2) is 5.75 Å². The first kappa shape index (κ1) is 15.4. The molecule has 0 aliphatic heterocycles. The first-order valence-electron chi connectivity index (χ1n) is 5.91. The van der Waals surface area contributed by atoms with Crippen LogP contribution in [0.15, 0.2) is 36.4 Å². The van der Waals surface area contributed by atoms with Crippen LogP contribution in [-0.2, 0) is 11.9 Å². The number of benzene rings is 2. The number of nitro benzene ring substituents is 1. The molecule has 0 heterocycles. The molecule has 0 atom stereocenters. The molecule has 0 bridgehead atoms. The number of nitro groups is 1. The summed E-state index contributed by atoms with van der Waals surface area (Å²) in [6.07, 6.45) is 0. The summed E-state index contributed by atoms with van der Waals surface area (Å²) in [5, 5.41) is 11.4. The fourth-order valence-corrected chi connectivity index (χ4v) is 2.05. The number of hydrogen-bond donors (Lipinski definition) is 0. The summed E-state index contributed by atoms with van der Waals surface area (Å²) < 4.78 is 31.6. The number of nitrogens with zero attached hydrogens (tertiary/aromatic N) is 1. The Morgan fingerprint density at radius 2 is 1.95 bits per heavy atom. The molecule has 0 radical (unpaired) electrons. The summed E-state index contributed by atoms with van der Waals surface area (Å²) in [5.41, 5.74) is 0.701. The predicted octanol–water partition coefficient (Wildman–Crippen LogP) is 4.35. The maximum absolute atomic E-state index is 13.5. The van der Waals surface area contributed by atoms with E-state index < -0.39 is 16.6 Å². The normalized spacial score (nSPS) is 10.4. The lowest BCUT2D eigenvalue weighted by molar-refractivity contribution is -0.386. The zero-order valence-corrected chi connectivity index (χ0v) is 12.3. The van der Waals surface area contributed by atoms with Crippen LogP contribution in [0.5, 0.6) is 5.75 Å². The van der Waals surface area contributed by atoms with Gasteiger partial charge in [-0.25, -0.2) is 8.78 Å². The Bertz CT molecular complexity index is 679. The van der Waals surface area contributed by atoms with Crippen molar-refractivity contribution in [3.63, 3.8) is 0 Å². The van der Waals surface area contributed by atoms with E-state index in [4.69, 9.17) is 4.74 Å². The Labute approximate surface area is 127 Å². The monoisotopic (exact) mass is 357 g/mol. The van der Waals surface area contributed by atoms with Gasteiger partial charge in [0, 0.05) is 23.0 Å². The molecule has 0 N–H and O–H groups in total. The highest BCUT2D eigenvalue weighted by Gasteiger charge is 2.16. The Morgan fingerprint density at radius 3 is 2.57 bits per heavy atom.